The summed E-state index contributed by atoms with van der Waals surface area (Å²) in [5.74, 6) is -1.27. The van der Waals surface area contributed by atoms with E-state index in [1.807, 2.05) is 0 Å². The lowest BCUT2D eigenvalue weighted by atomic mass is 9.76. The van der Waals surface area contributed by atoms with Crippen LogP contribution in [0.25, 0.3) is 0 Å². The number of hydrogen-bond donors (Lipinski definition) is 1. The first-order valence-electron chi connectivity index (χ1n) is 7.36. The highest BCUT2D eigenvalue weighted by Crippen LogP contribution is 2.39. The number of nitrogens with zero attached hydrogens (tertiary/aromatic N) is 1. The van der Waals surface area contributed by atoms with Gasteiger partial charge in [-0.2, -0.15) is 13.2 Å². The van der Waals surface area contributed by atoms with Crippen molar-refractivity contribution in [1.82, 2.24) is 10.2 Å². The van der Waals surface area contributed by atoms with Crippen LogP contribution in [-0.2, 0) is 9.59 Å². The molecule has 2 rings (SSSR count). The van der Waals surface area contributed by atoms with Gasteiger partial charge in [0.25, 0.3) is 0 Å². The summed E-state index contributed by atoms with van der Waals surface area (Å²) in [5, 5.41) is 2.64. The SMILES string of the molecule is CC(C)C1NC(=O)C2(CCCCC2)N(CC(F)(F)F)C1=O. The van der Waals surface area contributed by atoms with E-state index in [-0.39, 0.29) is 5.92 Å². The smallest absolute Gasteiger partial charge is 0.342 e. The van der Waals surface area contributed by atoms with E-state index >= 15 is 0 Å². The average Bonchev–Trinajstić information content (AvgIpc) is 2.39. The molecular weight excluding hydrogens is 285 g/mol. The summed E-state index contributed by atoms with van der Waals surface area (Å²) < 4.78 is 38.6. The Labute approximate surface area is 122 Å². The van der Waals surface area contributed by atoms with Crippen molar-refractivity contribution >= 4 is 11.8 Å². The van der Waals surface area contributed by atoms with Gasteiger partial charge in [0, 0.05) is 0 Å². The first-order chi connectivity index (χ1) is 9.67. The van der Waals surface area contributed by atoms with Crippen molar-refractivity contribution in [3.63, 3.8) is 0 Å². The molecule has 1 aliphatic heterocycles. The number of halogens is 3. The van der Waals surface area contributed by atoms with Crippen molar-refractivity contribution in [2.75, 3.05) is 6.54 Å². The zero-order valence-corrected chi connectivity index (χ0v) is 12.3. The van der Waals surface area contributed by atoms with E-state index in [1.54, 1.807) is 13.8 Å². The maximum absolute atomic E-state index is 12.9. The van der Waals surface area contributed by atoms with Crippen LogP contribution in [0.5, 0.6) is 0 Å². The van der Waals surface area contributed by atoms with Gasteiger partial charge in [0.05, 0.1) is 0 Å². The van der Waals surface area contributed by atoms with Crippen LogP contribution in [0, 0.1) is 5.92 Å². The van der Waals surface area contributed by atoms with Crippen LogP contribution in [0.2, 0.25) is 0 Å². The first-order valence-corrected chi connectivity index (χ1v) is 7.36. The summed E-state index contributed by atoms with van der Waals surface area (Å²) in [4.78, 5) is 25.7. The lowest BCUT2D eigenvalue weighted by Crippen LogP contribution is -2.73. The number of nitrogens with one attached hydrogen (secondary N) is 1. The molecule has 120 valence electrons. The molecule has 0 aromatic heterocycles. The fraction of sp³-hybridized carbons (Fsp3) is 0.857. The topological polar surface area (TPSA) is 49.4 Å². The molecular formula is C14H21F3N2O2. The molecule has 2 aliphatic rings. The van der Waals surface area contributed by atoms with E-state index in [2.05, 4.69) is 5.32 Å². The fourth-order valence-electron chi connectivity index (χ4n) is 3.33. The Balaban J connectivity index is 2.37. The molecule has 2 amide bonds. The Morgan fingerprint density at radius 1 is 1.24 bits per heavy atom. The molecule has 2 fully saturated rings. The Hall–Kier alpha value is -1.27. The highest BCUT2D eigenvalue weighted by molar-refractivity contribution is 6.00. The van der Waals surface area contributed by atoms with Crippen LogP contribution in [0.15, 0.2) is 0 Å². The molecule has 1 N–H and O–H groups in total. The second kappa shape index (κ2) is 5.50. The second-order valence-electron chi connectivity index (χ2n) is 6.33. The van der Waals surface area contributed by atoms with Crippen LogP contribution in [-0.4, -0.2) is 41.0 Å². The normalized spacial score (nSPS) is 26.4. The molecule has 1 saturated heterocycles. The molecule has 1 spiro atoms. The van der Waals surface area contributed by atoms with Crippen LogP contribution in [0.1, 0.15) is 46.0 Å². The predicted octanol–water partition coefficient (Wildman–Crippen LogP) is 2.23. The molecule has 1 aliphatic carbocycles. The maximum Gasteiger partial charge on any atom is 0.406 e. The van der Waals surface area contributed by atoms with E-state index in [9.17, 15) is 22.8 Å². The number of piperazine rings is 1. The summed E-state index contributed by atoms with van der Waals surface area (Å²) >= 11 is 0. The van der Waals surface area contributed by atoms with Gasteiger partial charge < -0.3 is 10.2 Å². The summed E-state index contributed by atoms with van der Waals surface area (Å²) in [6, 6.07) is -0.868. The largest absolute Gasteiger partial charge is 0.406 e. The predicted molar refractivity (Wildman–Crippen MR) is 70.4 cm³/mol. The highest BCUT2D eigenvalue weighted by Gasteiger charge is 2.55. The lowest BCUT2D eigenvalue weighted by molar-refractivity contribution is -0.187. The molecule has 0 aromatic carbocycles. The molecule has 0 bridgehead atoms. The van der Waals surface area contributed by atoms with Crippen LogP contribution in [0.4, 0.5) is 13.2 Å². The number of amides is 2. The van der Waals surface area contributed by atoms with Gasteiger partial charge in [-0.1, -0.05) is 33.1 Å². The fourth-order valence-corrected chi connectivity index (χ4v) is 3.33. The van der Waals surface area contributed by atoms with Crippen molar-refractivity contribution in [1.29, 1.82) is 0 Å². The van der Waals surface area contributed by atoms with E-state index in [1.165, 1.54) is 0 Å². The van der Waals surface area contributed by atoms with Gasteiger partial charge in [-0.3, -0.25) is 9.59 Å². The summed E-state index contributed by atoms with van der Waals surface area (Å²) in [7, 11) is 0. The minimum Gasteiger partial charge on any atom is -0.342 e. The highest BCUT2D eigenvalue weighted by atomic mass is 19.4. The number of carbonyl (C=O) groups excluding carboxylic acids is 2. The maximum atomic E-state index is 12.9. The van der Waals surface area contributed by atoms with E-state index in [4.69, 9.17) is 0 Å². The molecule has 1 heterocycles. The summed E-state index contributed by atoms with van der Waals surface area (Å²) in [6.45, 7) is 2.09. The number of carbonyl (C=O) groups is 2. The van der Waals surface area contributed by atoms with Crippen molar-refractivity contribution in [2.24, 2.45) is 5.92 Å². The molecule has 0 aromatic rings. The monoisotopic (exact) mass is 306 g/mol. The van der Waals surface area contributed by atoms with Crippen LogP contribution < -0.4 is 5.32 Å². The van der Waals surface area contributed by atoms with Crippen LogP contribution in [0.3, 0.4) is 0 Å². The van der Waals surface area contributed by atoms with E-state index < -0.39 is 36.1 Å². The molecule has 1 saturated carbocycles. The van der Waals surface area contributed by atoms with Gasteiger partial charge in [-0.15, -0.1) is 0 Å². The van der Waals surface area contributed by atoms with Crippen molar-refractivity contribution < 1.29 is 22.8 Å². The van der Waals surface area contributed by atoms with Gasteiger partial charge in [-0.25, -0.2) is 0 Å². The Bertz CT molecular complexity index is 428. The third-order valence-corrected chi connectivity index (χ3v) is 4.44. The van der Waals surface area contributed by atoms with Gasteiger partial charge >= 0.3 is 6.18 Å². The zero-order valence-electron chi connectivity index (χ0n) is 12.3. The van der Waals surface area contributed by atoms with E-state index in [0.717, 1.165) is 11.3 Å². The Kier molecular flexibility index (Phi) is 4.22. The van der Waals surface area contributed by atoms with Gasteiger partial charge in [-0.05, 0) is 18.8 Å². The van der Waals surface area contributed by atoms with Gasteiger partial charge in [0.1, 0.15) is 18.1 Å². The minimum atomic E-state index is -4.50. The molecule has 1 atom stereocenters. The average molecular weight is 306 g/mol. The minimum absolute atomic E-state index is 0.238. The first kappa shape index (κ1) is 16.1. The molecule has 7 heteroatoms. The molecule has 21 heavy (non-hydrogen) atoms. The standard InChI is InChI=1S/C14H21F3N2O2/c1-9(2)10-11(20)19(8-14(15,16)17)13(12(21)18-10)6-4-3-5-7-13/h9-10H,3-8H2,1-2H3,(H,18,21). The summed E-state index contributed by atoms with van der Waals surface area (Å²) in [5.41, 5.74) is -1.31. The molecule has 0 radical (unpaired) electrons. The Morgan fingerprint density at radius 3 is 2.29 bits per heavy atom. The lowest BCUT2D eigenvalue weighted by Gasteiger charge is -2.50. The van der Waals surface area contributed by atoms with Gasteiger partial charge in [0.15, 0.2) is 0 Å². The number of rotatable bonds is 2. The second-order valence-corrected chi connectivity index (χ2v) is 6.33. The van der Waals surface area contributed by atoms with Crippen molar-refractivity contribution in [3.05, 3.63) is 0 Å². The number of hydrogen-bond acceptors (Lipinski definition) is 2. The van der Waals surface area contributed by atoms with Crippen molar-refractivity contribution in [3.8, 4) is 0 Å². The Morgan fingerprint density at radius 2 is 1.81 bits per heavy atom. The third kappa shape index (κ3) is 3.01. The van der Waals surface area contributed by atoms with Crippen molar-refractivity contribution in [2.45, 2.75) is 63.7 Å². The quantitative estimate of drug-likeness (QED) is 0.850. The zero-order chi connectivity index (χ0) is 15.8. The van der Waals surface area contributed by atoms with Crippen LogP contribution >= 0.6 is 0 Å². The summed E-state index contributed by atoms with van der Waals surface area (Å²) in [6.07, 6.45) is -1.66. The number of alkyl halides is 3. The van der Waals surface area contributed by atoms with E-state index in [0.29, 0.717) is 25.7 Å². The van der Waals surface area contributed by atoms with Gasteiger partial charge in [0.2, 0.25) is 11.8 Å². The third-order valence-electron chi connectivity index (χ3n) is 4.44. The molecule has 1 unspecified atom stereocenters. The molecule has 4 nitrogen and oxygen atoms in total.